The Morgan fingerprint density at radius 1 is 1.41 bits per heavy atom. The van der Waals surface area contributed by atoms with Gasteiger partial charge in [-0.25, -0.2) is 4.79 Å². The molecule has 0 heterocycles. The van der Waals surface area contributed by atoms with Gasteiger partial charge in [-0.05, 0) is 50.9 Å². The average Bonchev–Trinajstić information content (AvgIpc) is 2.28. The zero-order valence-electron chi connectivity index (χ0n) is 9.00. The summed E-state index contributed by atoms with van der Waals surface area (Å²) < 4.78 is 11.3. The van der Waals surface area contributed by atoms with Crippen LogP contribution in [0.25, 0.3) is 0 Å². The van der Waals surface area contributed by atoms with E-state index in [2.05, 4.69) is 31.9 Å². The number of benzene rings is 1. The smallest absolute Gasteiger partial charge is 0.344 e. The van der Waals surface area contributed by atoms with Crippen LogP contribution >= 0.6 is 31.9 Å². The maximum Gasteiger partial charge on any atom is 0.344 e. The highest BCUT2D eigenvalue weighted by Crippen LogP contribution is 2.34. The highest BCUT2D eigenvalue weighted by Gasteiger charge is 2.11. The summed E-state index contributed by atoms with van der Waals surface area (Å²) in [7, 11) is 0. The molecular formula is C11H9Br2NO3. The third kappa shape index (κ3) is 4.02. The molecule has 0 aliphatic heterocycles. The molecule has 0 atom stereocenters. The van der Waals surface area contributed by atoms with E-state index in [4.69, 9.17) is 14.7 Å². The highest BCUT2D eigenvalue weighted by atomic mass is 79.9. The predicted octanol–water partition coefficient (Wildman–Crippen LogP) is 3.03. The van der Waals surface area contributed by atoms with Crippen LogP contribution in [0.15, 0.2) is 21.1 Å². The van der Waals surface area contributed by atoms with E-state index in [1.807, 2.05) is 6.07 Å². The lowest BCUT2D eigenvalue weighted by Crippen LogP contribution is -2.15. The lowest BCUT2D eigenvalue weighted by molar-refractivity contribution is -0.145. The van der Waals surface area contributed by atoms with Crippen molar-refractivity contribution < 1.29 is 14.3 Å². The molecule has 1 rings (SSSR count). The Labute approximate surface area is 116 Å². The topological polar surface area (TPSA) is 59.3 Å². The van der Waals surface area contributed by atoms with E-state index in [1.54, 1.807) is 19.1 Å². The summed E-state index contributed by atoms with van der Waals surface area (Å²) >= 11 is 6.54. The maximum absolute atomic E-state index is 11.1. The van der Waals surface area contributed by atoms with Gasteiger partial charge in [0.05, 0.1) is 27.2 Å². The molecule has 0 aliphatic carbocycles. The quantitative estimate of drug-likeness (QED) is 0.772. The van der Waals surface area contributed by atoms with Crippen molar-refractivity contribution in [2.24, 2.45) is 0 Å². The van der Waals surface area contributed by atoms with Gasteiger partial charge in [-0.15, -0.1) is 0 Å². The molecular weight excluding hydrogens is 354 g/mol. The van der Waals surface area contributed by atoms with Crippen molar-refractivity contribution in [3.63, 3.8) is 0 Å². The molecule has 90 valence electrons. The summed E-state index contributed by atoms with van der Waals surface area (Å²) in [4.78, 5) is 11.1. The Balaban J connectivity index is 2.79. The Bertz CT molecular complexity index is 445. The molecule has 0 radical (unpaired) electrons. The SMILES string of the molecule is CCOC(=O)COc1c(Br)cc(C#N)cc1Br. The Morgan fingerprint density at radius 3 is 2.47 bits per heavy atom. The second-order valence-corrected chi connectivity index (χ2v) is 4.68. The lowest BCUT2D eigenvalue weighted by Gasteiger charge is -2.09. The minimum atomic E-state index is -0.435. The van der Waals surface area contributed by atoms with Crippen LogP contribution in [0.2, 0.25) is 0 Å². The molecule has 1 aromatic carbocycles. The maximum atomic E-state index is 11.1. The van der Waals surface area contributed by atoms with Crippen LogP contribution in [0.5, 0.6) is 5.75 Å². The average molecular weight is 363 g/mol. The van der Waals surface area contributed by atoms with Crippen molar-refractivity contribution in [3.8, 4) is 11.8 Å². The first kappa shape index (κ1) is 14.0. The number of nitriles is 1. The monoisotopic (exact) mass is 361 g/mol. The zero-order chi connectivity index (χ0) is 12.8. The van der Waals surface area contributed by atoms with Crippen molar-refractivity contribution in [2.45, 2.75) is 6.92 Å². The van der Waals surface area contributed by atoms with E-state index in [1.165, 1.54) is 0 Å². The van der Waals surface area contributed by atoms with Gasteiger partial charge in [0.25, 0.3) is 0 Å². The zero-order valence-corrected chi connectivity index (χ0v) is 12.2. The Hall–Kier alpha value is -1.06. The van der Waals surface area contributed by atoms with Gasteiger partial charge >= 0.3 is 5.97 Å². The number of nitrogens with zero attached hydrogens (tertiary/aromatic N) is 1. The fourth-order valence-electron chi connectivity index (χ4n) is 1.10. The second kappa shape index (κ2) is 6.62. The number of rotatable bonds is 4. The second-order valence-electron chi connectivity index (χ2n) is 2.97. The molecule has 0 N–H and O–H groups in total. The van der Waals surface area contributed by atoms with Gasteiger partial charge in [-0.3, -0.25) is 0 Å². The van der Waals surface area contributed by atoms with E-state index in [-0.39, 0.29) is 6.61 Å². The lowest BCUT2D eigenvalue weighted by atomic mass is 10.2. The van der Waals surface area contributed by atoms with E-state index in [0.29, 0.717) is 26.9 Å². The van der Waals surface area contributed by atoms with Crippen LogP contribution < -0.4 is 4.74 Å². The molecule has 0 aliphatic rings. The highest BCUT2D eigenvalue weighted by molar-refractivity contribution is 9.11. The summed E-state index contributed by atoms with van der Waals surface area (Å²) in [5.41, 5.74) is 0.493. The van der Waals surface area contributed by atoms with Gasteiger partial charge in [0, 0.05) is 0 Å². The van der Waals surface area contributed by atoms with Crippen LogP contribution in [0, 0.1) is 11.3 Å². The Kier molecular flexibility index (Phi) is 5.45. The van der Waals surface area contributed by atoms with Gasteiger partial charge < -0.3 is 9.47 Å². The van der Waals surface area contributed by atoms with Crippen LogP contribution in [0.3, 0.4) is 0 Å². The molecule has 0 amide bonds. The third-order valence-corrected chi connectivity index (χ3v) is 2.95. The van der Waals surface area contributed by atoms with Crippen molar-refractivity contribution in [1.82, 2.24) is 0 Å². The summed E-state index contributed by atoms with van der Waals surface area (Å²) in [6.07, 6.45) is 0. The largest absolute Gasteiger partial charge is 0.480 e. The van der Waals surface area contributed by atoms with Crippen molar-refractivity contribution in [3.05, 3.63) is 26.6 Å². The summed E-state index contributed by atoms with van der Waals surface area (Å²) in [5.74, 6) is 0.0349. The molecule has 0 aromatic heterocycles. The summed E-state index contributed by atoms with van der Waals surface area (Å²) in [5, 5.41) is 8.76. The van der Waals surface area contributed by atoms with Gasteiger partial charge in [-0.2, -0.15) is 5.26 Å². The number of esters is 1. The van der Waals surface area contributed by atoms with Gasteiger partial charge in [0.2, 0.25) is 0 Å². The number of hydrogen-bond donors (Lipinski definition) is 0. The molecule has 1 aromatic rings. The van der Waals surface area contributed by atoms with Crippen molar-refractivity contribution in [2.75, 3.05) is 13.2 Å². The molecule has 4 nitrogen and oxygen atoms in total. The van der Waals surface area contributed by atoms with Crippen molar-refractivity contribution >= 4 is 37.8 Å². The first-order valence-electron chi connectivity index (χ1n) is 4.76. The van der Waals surface area contributed by atoms with E-state index >= 15 is 0 Å². The van der Waals surface area contributed by atoms with Crippen LogP contribution in [-0.2, 0) is 9.53 Å². The normalized spacial score (nSPS) is 9.53. The number of ether oxygens (including phenoxy) is 2. The van der Waals surface area contributed by atoms with Gasteiger partial charge in [-0.1, -0.05) is 0 Å². The summed E-state index contributed by atoms with van der Waals surface area (Å²) in [6, 6.07) is 5.25. The number of carbonyl (C=O) groups is 1. The molecule has 0 fully saturated rings. The summed E-state index contributed by atoms with van der Waals surface area (Å²) in [6.45, 7) is 1.88. The van der Waals surface area contributed by atoms with E-state index in [0.717, 1.165) is 0 Å². The number of halogens is 2. The first-order chi connectivity index (χ1) is 8.08. The molecule has 6 heteroatoms. The molecule has 0 saturated heterocycles. The molecule has 17 heavy (non-hydrogen) atoms. The molecule has 0 saturated carbocycles. The minimum Gasteiger partial charge on any atom is -0.480 e. The van der Waals surface area contributed by atoms with Gasteiger partial charge in [0.1, 0.15) is 5.75 Å². The Morgan fingerprint density at radius 2 is 2.00 bits per heavy atom. The number of hydrogen-bond acceptors (Lipinski definition) is 4. The van der Waals surface area contributed by atoms with Crippen LogP contribution in [0.1, 0.15) is 12.5 Å². The minimum absolute atomic E-state index is 0.170. The third-order valence-electron chi connectivity index (χ3n) is 1.77. The standard InChI is InChI=1S/C11H9Br2NO3/c1-2-16-10(15)6-17-11-8(12)3-7(5-14)4-9(11)13/h3-4H,2,6H2,1H3. The molecule has 0 spiro atoms. The van der Waals surface area contributed by atoms with Crippen LogP contribution in [-0.4, -0.2) is 19.2 Å². The predicted molar refractivity (Wildman–Crippen MR) is 68.7 cm³/mol. The van der Waals surface area contributed by atoms with E-state index < -0.39 is 5.97 Å². The molecule has 0 unspecified atom stereocenters. The first-order valence-corrected chi connectivity index (χ1v) is 6.34. The van der Waals surface area contributed by atoms with E-state index in [9.17, 15) is 4.79 Å². The fraction of sp³-hybridized carbons (Fsp3) is 0.273. The van der Waals surface area contributed by atoms with Crippen molar-refractivity contribution in [1.29, 1.82) is 5.26 Å². The molecule has 0 bridgehead atoms. The number of carbonyl (C=O) groups excluding carboxylic acids is 1. The fourth-order valence-corrected chi connectivity index (χ4v) is 2.51. The van der Waals surface area contributed by atoms with Crippen LogP contribution in [0.4, 0.5) is 0 Å². The van der Waals surface area contributed by atoms with Gasteiger partial charge in [0.15, 0.2) is 6.61 Å².